The summed E-state index contributed by atoms with van der Waals surface area (Å²) in [6, 6.07) is 22.3. The van der Waals surface area contributed by atoms with Crippen molar-refractivity contribution in [3.63, 3.8) is 0 Å². The summed E-state index contributed by atoms with van der Waals surface area (Å²) >= 11 is 1.45. The van der Waals surface area contributed by atoms with Crippen LogP contribution < -0.4 is 5.32 Å². The number of carboxylic acid groups (broad SMARTS) is 2. The number of ether oxygens (including phenoxy) is 2. The van der Waals surface area contributed by atoms with Crippen LogP contribution in [0, 0.1) is 0 Å². The van der Waals surface area contributed by atoms with Gasteiger partial charge in [0, 0.05) is 42.0 Å². The number of hydrogen-bond acceptors (Lipinski definition) is 7. The van der Waals surface area contributed by atoms with Crippen LogP contribution in [0.5, 0.6) is 0 Å². The Morgan fingerprint density at radius 2 is 1.45 bits per heavy atom. The lowest BCUT2D eigenvalue weighted by Crippen LogP contribution is -2.31. The minimum atomic E-state index is -0.968. The third-order valence-electron chi connectivity index (χ3n) is 7.44. The van der Waals surface area contributed by atoms with Gasteiger partial charge in [-0.2, -0.15) is 0 Å². The number of nitrogens with one attached hydrogen (secondary N) is 1. The fourth-order valence-corrected chi connectivity index (χ4v) is 6.04. The standard InChI is InChI=1S/C34H39NO8S/c36-21-24-13-15-25(16-14-24)29-19-27(22-44-30-8-6-5-7-28(30)33(40)41)42-34(43-29)26-17-11-23(12-18-26)20-35-31(37)9-3-1-2-4-10-32(38)39/h5-8,11-18,27,29,34,36H,1-4,9-10,19-22H2,(H,35,37)(H,38,39)(H,40,41)/t27-,29+,34+/m0/s1. The molecule has 1 saturated heterocycles. The Hall–Kier alpha value is -3.70. The lowest BCUT2D eigenvalue weighted by molar-refractivity contribution is -0.245. The van der Waals surface area contributed by atoms with Gasteiger partial charge in [0.2, 0.25) is 5.91 Å². The van der Waals surface area contributed by atoms with Gasteiger partial charge in [-0.05, 0) is 41.7 Å². The summed E-state index contributed by atoms with van der Waals surface area (Å²) in [6.07, 6.45) is 3.03. The predicted molar refractivity (Wildman–Crippen MR) is 166 cm³/mol. The van der Waals surface area contributed by atoms with Crippen LogP contribution in [0.15, 0.2) is 77.7 Å². The average molecular weight is 622 g/mol. The van der Waals surface area contributed by atoms with Gasteiger partial charge in [0.05, 0.1) is 24.4 Å². The van der Waals surface area contributed by atoms with Crippen LogP contribution in [-0.4, -0.2) is 45.0 Å². The number of benzene rings is 3. The molecule has 1 fully saturated rings. The second-order valence-electron chi connectivity index (χ2n) is 10.8. The summed E-state index contributed by atoms with van der Waals surface area (Å²) in [5, 5.41) is 30.7. The molecule has 0 bridgehead atoms. The van der Waals surface area contributed by atoms with Gasteiger partial charge in [0.1, 0.15) is 0 Å². The first-order valence-electron chi connectivity index (χ1n) is 14.9. The number of carbonyl (C=O) groups excluding carboxylic acids is 1. The lowest BCUT2D eigenvalue weighted by Gasteiger charge is -2.36. The third kappa shape index (κ3) is 10.2. The topological polar surface area (TPSA) is 142 Å². The molecule has 0 aromatic heterocycles. The highest BCUT2D eigenvalue weighted by Gasteiger charge is 2.32. The van der Waals surface area contributed by atoms with Crippen molar-refractivity contribution in [2.75, 3.05) is 5.75 Å². The average Bonchev–Trinajstić information content (AvgIpc) is 3.04. The first-order chi connectivity index (χ1) is 21.3. The number of aromatic carboxylic acids is 1. The monoisotopic (exact) mass is 621 g/mol. The number of rotatable bonds is 16. The van der Waals surface area contributed by atoms with Crippen molar-refractivity contribution in [1.29, 1.82) is 0 Å². The Balaban J connectivity index is 1.36. The molecular formula is C34H39NO8S. The van der Waals surface area contributed by atoms with E-state index in [0.29, 0.717) is 36.5 Å². The highest BCUT2D eigenvalue weighted by Crippen LogP contribution is 2.39. The quantitative estimate of drug-likeness (QED) is 0.108. The molecule has 0 aliphatic carbocycles. The zero-order chi connectivity index (χ0) is 31.3. The molecule has 1 heterocycles. The number of aliphatic carboxylic acids is 1. The minimum absolute atomic E-state index is 0.0360. The van der Waals surface area contributed by atoms with E-state index in [0.717, 1.165) is 41.5 Å². The van der Waals surface area contributed by atoms with E-state index >= 15 is 0 Å². The van der Waals surface area contributed by atoms with E-state index in [1.54, 1.807) is 18.2 Å². The maximum atomic E-state index is 12.2. The summed E-state index contributed by atoms with van der Waals surface area (Å²) in [5.41, 5.74) is 3.81. The molecule has 234 valence electrons. The molecule has 4 rings (SSSR count). The molecule has 1 aliphatic rings. The van der Waals surface area contributed by atoms with Gasteiger partial charge in [-0.1, -0.05) is 73.5 Å². The van der Waals surface area contributed by atoms with E-state index in [2.05, 4.69) is 5.32 Å². The van der Waals surface area contributed by atoms with Gasteiger partial charge in [0.15, 0.2) is 6.29 Å². The summed E-state index contributed by atoms with van der Waals surface area (Å²) in [6.45, 7) is 0.355. The Kier molecular flexibility index (Phi) is 12.8. The minimum Gasteiger partial charge on any atom is -0.481 e. The molecule has 0 radical (unpaired) electrons. The van der Waals surface area contributed by atoms with Crippen LogP contribution in [0.4, 0.5) is 0 Å². The summed E-state index contributed by atoms with van der Waals surface area (Å²) in [5.74, 6) is -1.25. The molecule has 4 N–H and O–H groups in total. The van der Waals surface area contributed by atoms with Crippen LogP contribution in [-0.2, 0) is 32.2 Å². The number of unbranched alkanes of at least 4 members (excludes halogenated alkanes) is 3. The largest absolute Gasteiger partial charge is 0.481 e. The van der Waals surface area contributed by atoms with Gasteiger partial charge < -0.3 is 30.1 Å². The van der Waals surface area contributed by atoms with E-state index in [1.807, 2.05) is 54.6 Å². The number of thioether (sulfide) groups is 1. The number of aliphatic hydroxyl groups excluding tert-OH is 1. The van der Waals surface area contributed by atoms with E-state index in [4.69, 9.17) is 14.6 Å². The van der Waals surface area contributed by atoms with Gasteiger partial charge >= 0.3 is 11.9 Å². The van der Waals surface area contributed by atoms with Crippen LogP contribution in [0.25, 0.3) is 0 Å². The van der Waals surface area contributed by atoms with Crippen molar-refractivity contribution >= 4 is 29.6 Å². The zero-order valence-electron chi connectivity index (χ0n) is 24.5. The fraction of sp³-hybridized carbons (Fsp3) is 0.382. The maximum Gasteiger partial charge on any atom is 0.336 e. The highest BCUT2D eigenvalue weighted by molar-refractivity contribution is 7.99. The van der Waals surface area contributed by atoms with Crippen LogP contribution in [0.3, 0.4) is 0 Å². The lowest BCUT2D eigenvalue weighted by atomic mass is 10.0. The molecule has 3 atom stereocenters. The van der Waals surface area contributed by atoms with Crippen LogP contribution in [0.2, 0.25) is 0 Å². The summed E-state index contributed by atoms with van der Waals surface area (Å²) < 4.78 is 12.8. The van der Waals surface area contributed by atoms with Crippen molar-refractivity contribution in [2.24, 2.45) is 0 Å². The number of aliphatic hydroxyl groups is 1. The Morgan fingerprint density at radius 1 is 0.795 bits per heavy atom. The van der Waals surface area contributed by atoms with E-state index < -0.39 is 18.2 Å². The second-order valence-corrected chi connectivity index (χ2v) is 11.9. The molecule has 1 aliphatic heterocycles. The van der Waals surface area contributed by atoms with Crippen molar-refractivity contribution in [3.8, 4) is 0 Å². The summed E-state index contributed by atoms with van der Waals surface area (Å²) in [7, 11) is 0. The summed E-state index contributed by atoms with van der Waals surface area (Å²) in [4.78, 5) is 35.2. The third-order valence-corrected chi connectivity index (χ3v) is 8.65. The first-order valence-corrected chi connectivity index (χ1v) is 15.8. The molecule has 3 aromatic rings. The highest BCUT2D eigenvalue weighted by atomic mass is 32.2. The zero-order valence-corrected chi connectivity index (χ0v) is 25.3. The van der Waals surface area contributed by atoms with E-state index in [1.165, 1.54) is 11.8 Å². The normalized spacial score (nSPS) is 18.1. The van der Waals surface area contributed by atoms with E-state index in [9.17, 15) is 24.6 Å². The van der Waals surface area contributed by atoms with Crippen LogP contribution >= 0.6 is 11.8 Å². The van der Waals surface area contributed by atoms with Gasteiger partial charge in [-0.15, -0.1) is 11.8 Å². The molecule has 1 amide bonds. The molecule has 0 spiro atoms. The fourth-order valence-electron chi connectivity index (χ4n) is 4.97. The smallest absolute Gasteiger partial charge is 0.336 e. The SMILES string of the molecule is O=C(O)CCCCCCC(=O)NCc1ccc([C@@H]2O[C@H](CSc3ccccc3C(=O)O)C[C@H](c3ccc(CO)cc3)O2)cc1. The van der Waals surface area contributed by atoms with Gasteiger partial charge in [0.25, 0.3) is 0 Å². The van der Waals surface area contributed by atoms with Gasteiger partial charge in [-0.25, -0.2) is 4.79 Å². The van der Waals surface area contributed by atoms with Crippen molar-refractivity contribution in [1.82, 2.24) is 5.32 Å². The van der Waals surface area contributed by atoms with Gasteiger partial charge in [-0.3, -0.25) is 9.59 Å². The molecule has 44 heavy (non-hydrogen) atoms. The van der Waals surface area contributed by atoms with Crippen molar-refractivity contribution < 1.29 is 39.2 Å². The Labute approximate surface area is 261 Å². The predicted octanol–water partition coefficient (Wildman–Crippen LogP) is 6.26. The molecule has 9 nitrogen and oxygen atoms in total. The number of carbonyl (C=O) groups is 3. The molecule has 0 unspecified atom stereocenters. The number of amides is 1. The van der Waals surface area contributed by atoms with Crippen molar-refractivity contribution in [2.45, 2.75) is 81.5 Å². The first kappa shape index (κ1) is 33.2. The van der Waals surface area contributed by atoms with Crippen LogP contribution in [0.1, 0.15) is 90.0 Å². The number of hydrogen-bond donors (Lipinski definition) is 4. The molecular weight excluding hydrogens is 582 g/mol. The molecule has 0 saturated carbocycles. The number of carboxylic acids is 2. The van der Waals surface area contributed by atoms with E-state index in [-0.39, 0.29) is 36.7 Å². The molecule has 3 aromatic carbocycles. The second kappa shape index (κ2) is 17.0. The molecule has 10 heteroatoms. The van der Waals surface area contributed by atoms with Crippen molar-refractivity contribution in [3.05, 3.63) is 101 Å². The Morgan fingerprint density at radius 3 is 2.14 bits per heavy atom. The Bertz CT molecular complexity index is 1380. The maximum absolute atomic E-state index is 12.2.